The van der Waals surface area contributed by atoms with Crippen LogP contribution in [0.4, 0.5) is 13.2 Å². The molecule has 2 aromatic heterocycles. The van der Waals surface area contributed by atoms with Crippen molar-refractivity contribution in [3.05, 3.63) is 95.7 Å². The van der Waals surface area contributed by atoms with Gasteiger partial charge in [-0.2, -0.15) is 13.2 Å². The van der Waals surface area contributed by atoms with Crippen LogP contribution < -0.4 is 0 Å². The largest absolute Gasteiger partial charge is 0.416 e. The molecule has 0 fully saturated rings. The number of hydrogen-bond acceptors (Lipinski definition) is 3. The molecule has 3 nitrogen and oxygen atoms in total. The van der Waals surface area contributed by atoms with Crippen molar-refractivity contribution in [1.29, 1.82) is 0 Å². The minimum atomic E-state index is -4.35. The van der Waals surface area contributed by atoms with Crippen molar-refractivity contribution in [2.45, 2.75) is 23.6 Å². The van der Waals surface area contributed by atoms with Gasteiger partial charge in [0.05, 0.1) is 12.1 Å². The van der Waals surface area contributed by atoms with Crippen LogP contribution in [0.5, 0.6) is 0 Å². The molecule has 0 atom stereocenters. The Kier molecular flexibility index (Phi) is 5.63. The van der Waals surface area contributed by atoms with Crippen LogP contribution in [-0.2, 0) is 18.5 Å². The van der Waals surface area contributed by atoms with Gasteiger partial charge in [0.1, 0.15) is 5.52 Å². The van der Waals surface area contributed by atoms with E-state index in [9.17, 15) is 13.2 Å². The molecule has 152 valence electrons. The van der Waals surface area contributed by atoms with Crippen molar-refractivity contribution in [2.75, 3.05) is 0 Å². The number of halogens is 3. The van der Waals surface area contributed by atoms with Gasteiger partial charge in [0.15, 0.2) is 10.8 Å². The quantitative estimate of drug-likeness (QED) is 0.333. The summed E-state index contributed by atoms with van der Waals surface area (Å²) in [5.74, 6) is 0.378. The first kappa shape index (κ1) is 20.2. The number of pyridine rings is 1. The summed E-state index contributed by atoms with van der Waals surface area (Å²) < 4.78 is 41.0. The van der Waals surface area contributed by atoms with Gasteiger partial charge in [0.2, 0.25) is 0 Å². The Hall–Kier alpha value is -3.06. The number of imidazole rings is 1. The molecular weight excluding hydrogens is 407 g/mol. The molecule has 0 amide bonds. The molecule has 0 aliphatic carbocycles. The van der Waals surface area contributed by atoms with Crippen molar-refractivity contribution in [2.24, 2.45) is 0 Å². The van der Waals surface area contributed by atoms with Crippen LogP contribution in [0, 0.1) is 0 Å². The maximum Gasteiger partial charge on any atom is 0.416 e. The number of thioether (sulfide) groups is 1. The van der Waals surface area contributed by atoms with E-state index in [-0.39, 0.29) is 0 Å². The molecule has 0 saturated heterocycles. The lowest BCUT2D eigenvalue weighted by Crippen LogP contribution is -2.05. The third-order valence-corrected chi connectivity index (χ3v) is 5.69. The Bertz CT molecular complexity index is 1180. The topological polar surface area (TPSA) is 30.7 Å². The zero-order valence-electron chi connectivity index (χ0n) is 15.9. The van der Waals surface area contributed by atoms with Gasteiger partial charge < -0.3 is 0 Å². The fourth-order valence-electron chi connectivity index (χ4n) is 3.12. The summed E-state index contributed by atoms with van der Waals surface area (Å²) in [7, 11) is 0. The Balaban J connectivity index is 1.62. The standard InChI is InChI=1S/C23H18F3N3S/c1-2-16-8-10-17(11-9-16)14-29-21-20(7-4-12-27-21)28-22(29)30-15-18-5-3-6-19(13-18)23(24,25)26/h2-13H,1,14-15H2. The highest BCUT2D eigenvalue weighted by Gasteiger charge is 2.30. The molecule has 0 saturated carbocycles. The first-order valence-electron chi connectivity index (χ1n) is 9.25. The fourth-order valence-corrected chi connectivity index (χ4v) is 4.06. The van der Waals surface area contributed by atoms with E-state index in [1.165, 1.54) is 23.9 Å². The predicted molar refractivity (Wildman–Crippen MR) is 114 cm³/mol. The third-order valence-electron chi connectivity index (χ3n) is 4.65. The third kappa shape index (κ3) is 4.41. The number of alkyl halides is 3. The van der Waals surface area contributed by atoms with E-state index in [1.54, 1.807) is 18.3 Å². The zero-order valence-corrected chi connectivity index (χ0v) is 16.7. The van der Waals surface area contributed by atoms with E-state index < -0.39 is 11.7 Å². The lowest BCUT2D eigenvalue weighted by Gasteiger charge is -2.10. The van der Waals surface area contributed by atoms with Crippen molar-refractivity contribution < 1.29 is 13.2 Å². The predicted octanol–water partition coefficient (Wildman–Crippen LogP) is 6.43. The van der Waals surface area contributed by atoms with Crippen LogP contribution in [0.15, 0.2) is 78.6 Å². The molecule has 4 rings (SSSR count). The number of rotatable bonds is 6. The van der Waals surface area contributed by atoms with Crippen LogP contribution in [-0.4, -0.2) is 14.5 Å². The zero-order chi connectivity index (χ0) is 21.1. The van der Waals surface area contributed by atoms with Crippen LogP contribution in [0.3, 0.4) is 0 Å². The first-order chi connectivity index (χ1) is 14.4. The van der Waals surface area contributed by atoms with Gasteiger partial charge >= 0.3 is 6.18 Å². The fraction of sp³-hybridized carbons (Fsp3) is 0.130. The van der Waals surface area contributed by atoms with E-state index in [0.29, 0.717) is 23.0 Å². The molecule has 2 aromatic carbocycles. The molecule has 7 heteroatoms. The number of fused-ring (bicyclic) bond motifs is 1. The normalized spacial score (nSPS) is 11.7. The van der Waals surface area contributed by atoms with E-state index >= 15 is 0 Å². The molecule has 4 aromatic rings. The second-order valence-electron chi connectivity index (χ2n) is 6.76. The number of aromatic nitrogens is 3. The molecule has 0 aliphatic rings. The highest BCUT2D eigenvalue weighted by atomic mass is 32.2. The Morgan fingerprint density at radius 3 is 2.53 bits per heavy atom. The van der Waals surface area contributed by atoms with Crippen LogP contribution in [0.2, 0.25) is 0 Å². The number of hydrogen-bond donors (Lipinski definition) is 0. The van der Waals surface area contributed by atoms with Crippen molar-refractivity contribution >= 4 is 29.0 Å². The molecule has 0 N–H and O–H groups in total. The van der Waals surface area contributed by atoms with E-state index in [4.69, 9.17) is 0 Å². The Morgan fingerprint density at radius 2 is 1.80 bits per heavy atom. The lowest BCUT2D eigenvalue weighted by atomic mass is 10.1. The monoisotopic (exact) mass is 425 g/mol. The summed E-state index contributed by atoms with van der Waals surface area (Å²) in [6, 6.07) is 17.1. The summed E-state index contributed by atoms with van der Waals surface area (Å²) in [5, 5.41) is 0.717. The average Bonchev–Trinajstić information content (AvgIpc) is 3.10. The summed E-state index contributed by atoms with van der Waals surface area (Å²) >= 11 is 1.40. The molecule has 30 heavy (non-hydrogen) atoms. The van der Waals surface area contributed by atoms with Gasteiger partial charge in [0.25, 0.3) is 0 Å². The van der Waals surface area contributed by atoms with Crippen LogP contribution in [0.1, 0.15) is 22.3 Å². The molecule has 0 radical (unpaired) electrons. The van der Waals surface area contributed by atoms with Crippen molar-refractivity contribution in [1.82, 2.24) is 14.5 Å². The van der Waals surface area contributed by atoms with E-state index in [1.807, 2.05) is 41.0 Å². The summed E-state index contributed by atoms with van der Waals surface area (Å²) in [6.45, 7) is 4.33. The van der Waals surface area contributed by atoms with Crippen LogP contribution in [0.25, 0.3) is 17.2 Å². The van der Waals surface area contributed by atoms with Gasteiger partial charge in [-0.05, 0) is 34.9 Å². The molecule has 0 spiro atoms. The minimum absolute atomic E-state index is 0.378. The van der Waals surface area contributed by atoms with Gasteiger partial charge in [-0.25, -0.2) is 9.97 Å². The highest BCUT2D eigenvalue weighted by molar-refractivity contribution is 7.98. The second-order valence-corrected chi connectivity index (χ2v) is 7.70. The smallest absolute Gasteiger partial charge is 0.299 e. The Morgan fingerprint density at radius 1 is 1.00 bits per heavy atom. The molecule has 2 heterocycles. The average molecular weight is 425 g/mol. The first-order valence-corrected chi connectivity index (χ1v) is 10.2. The van der Waals surface area contributed by atoms with E-state index in [2.05, 4.69) is 16.5 Å². The summed E-state index contributed by atoms with van der Waals surface area (Å²) in [6.07, 6.45) is -0.855. The van der Waals surface area contributed by atoms with Gasteiger partial charge in [-0.1, -0.05) is 66.9 Å². The second kappa shape index (κ2) is 8.36. The number of nitrogens with zero attached hydrogens (tertiary/aromatic N) is 3. The summed E-state index contributed by atoms with van der Waals surface area (Å²) in [5.41, 5.74) is 3.57. The maximum atomic E-state index is 13.0. The van der Waals surface area contributed by atoms with Crippen LogP contribution >= 0.6 is 11.8 Å². The van der Waals surface area contributed by atoms with Crippen molar-refractivity contribution in [3.63, 3.8) is 0 Å². The number of benzene rings is 2. The van der Waals surface area contributed by atoms with Gasteiger partial charge in [0, 0.05) is 11.9 Å². The highest BCUT2D eigenvalue weighted by Crippen LogP contribution is 2.32. The van der Waals surface area contributed by atoms with Crippen molar-refractivity contribution in [3.8, 4) is 0 Å². The molecule has 0 aliphatic heterocycles. The molecule has 0 bridgehead atoms. The molecule has 0 unspecified atom stereocenters. The minimum Gasteiger partial charge on any atom is -0.299 e. The van der Waals surface area contributed by atoms with Gasteiger partial charge in [-0.3, -0.25) is 4.57 Å². The van der Waals surface area contributed by atoms with E-state index in [0.717, 1.165) is 28.4 Å². The lowest BCUT2D eigenvalue weighted by molar-refractivity contribution is -0.137. The molecular formula is C23H18F3N3S. The maximum absolute atomic E-state index is 13.0. The Labute approximate surface area is 176 Å². The summed E-state index contributed by atoms with van der Waals surface area (Å²) in [4.78, 5) is 9.11. The van der Waals surface area contributed by atoms with Gasteiger partial charge in [-0.15, -0.1) is 0 Å². The SMILES string of the molecule is C=Cc1ccc(Cn2c(SCc3cccc(C(F)(F)F)c3)nc3cccnc32)cc1.